The summed E-state index contributed by atoms with van der Waals surface area (Å²) >= 11 is 3.32. The molecule has 0 atom stereocenters. The number of rotatable bonds is 4. The van der Waals surface area contributed by atoms with Crippen molar-refractivity contribution >= 4 is 26.0 Å². The minimum atomic E-state index is -3.46. The molecule has 0 aromatic heterocycles. The van der Waals surface area contributed by atoms with E-state index in [9.17, 15) is 13.5 Å². The maximum Gasteiger partial charge on any atom is 0.240 e. The van der Waals surface area contributed by atoms with Crippen LogP contribution in [-0.4, -0.2) is 25.7 Å². The Hall–Kier alpha value is -0.430. The van der Waals surface area contributed by atoms with E-state index in [4.69, 9.17) is 0 Å². The zero-order valence-electron chi connectivity index (χ0n) is 10.5. The fourth-order valence-electron chi connectivity index (χ4n) is 2.28. The number of alkyl halides is 1. The van der Waals surface area contributed by atoms with Crippen LogP contribution in [0.4, 0.5) is 0 Å². The number of halogens is 1. The van der Waals surface area contributed by atoms with Gasteiger partial charge < -0.3 is 5.11 Å². The van der Waals surface area contributed by atoms with Crippen LogP contribution in [0.3, 0.4) is 0 Å². The molecular formula is C13H18BrNO3S. The molecule has 0 amide bonds. The molecule has 0 spiro atoms. The van der Waals surface area contributed by atoms with E-state index in [2.05, 4.69) is 20.7 Å². The summed E-state index contributed by atoms with van der Waals surface area (Å²) in [7, 11) is -3.46. The van der Waals surface area contributed by atoms with Gasteiger partial charge in [0.05, 0.1) is 11.0 Å². The molecule has 1 saturated carbocycles. The average molecular weight is 348 g/mol. The summed E-state index contributed by atoms with van der Waals surface area (Å²) in [5.41, 5.74) is 0.932. The number of sulfonamides is 1. The van der Waals surface area contributed by atoms with Gasteiger partial charge in [-0.3, -0.25) is 0 Å². The fourth-order valence-corrected chi connectivity index (χ4v) is 4.00. The third-order valence-electron chi connectivity index (χ3n) is 3.38. The summed E-state index contributed by atoms with van der Waals surface area (Å²) in [6, 6.07) is 6.84. The Morgan fingerprint density at radius 3 is 2.58 bits per heavy atom. The molecule has 1 aliphatic carbocycles. The summed E-state index contributed by atoms with van der Waals surface area (Å²) in [5, 5.41) is 10.1. The first-order chi connectivity index (χ1) is 9.01. The van der Waals surface area contributed by atoms with Crippen molar-refractivity contribution in [1.29, 1.82) is 0 Å². The number of hydrogen-bond donors (Lipinski definition) is 2. The maximum atomic E-state index is 12.3. The van der Waals surface area contributed by atoms with Crippen LogP contribution in [0, 0.1) is 0 Å². The largest absolute Gasteiger partial charge is 0.393 e. The molecule has 6 heteroatoms. The fraction of sp³-hybridized carbons (Fsp3) is 0.538. The molecule has 19 heavy (non-hydrogen) atoms. The van der Waals surface area contributed by atoms with Crippen molar-refractivity contribution in [2.45, 2.75) is 48.1 Å². The van der Waals surface area contributed by atoms with Crippen LogP contribution in [0.15, 0.2) is 29.2 Å². The number of aliphatic hydroxyl groups excluding tert-OH is 1. The monoisotopic (exact) mass is 347 g/mol. The van der Waals surface area contributed by atoms with E-state index >= 15 is 0 Å². The predicted molar refractivity (Wildman–Crippen MR) is 77.7 cm³/mol. The molecule has 1 aromatic rings. The average Bonchev–Trinajstić information content (AvgIpc) is 2.41. The van der Waals surface area contributed by atoms with Crippen LogP contribution in [0.1, 0.15) is 31.2 Å². The minimum Gasteiger partial charge on any atom is -0.393 e. The first-order valence-electron chi connectivity index (χ1n) is 6.36. The highest BCUT2D eigenvalue weighted by Gasteiger charge is 2.24. The van der Waals surface area contributed by atoms with Gasteiger partial charge in [-0.05, 0) is 43.4 Å². The normalized spacial score (nSPS) is 24.3. The van der Waals surface area contributed by atoms with Crippen molar-refractivity contribution in [2.75, 3.05) is 0 Å². The van der Waals surface area contributed by atoms with E-state index in [-0.39, 0.29) is 12.1 Å². The Morgan fingerprint density at radius 2 is 1.95 bits per heavy atom. The van der Waals surface area contributed by atoms with Crippen LogP contribution in [0.2, 0.25) is 0 Å². The Morgan fingerprint density at radius 1 is 1.26 bits per heavy atom. The molecule has 2 rings (SSSR count). The lowest BCUT2D eigenvalue weighted by Gasteiger charge is -2.26. The van der Waals surface area contributed by atoms with Gasteiger partial charge >= 0.3 is 0 Å². The van der Waals surface area contributed by atoms with Crippen LogP contribution >= 0.6 is 15.9 Å². The van der Waals surface area contributed by atoms with E-state index < -0.39 is 10.0 Å². The highest BCUT2D eigenvalue weighted by atomic mass is 79.9. The van der Waals surface area contributed by atoms with Gasteiger partial charge in [-0.25, -0.2) is 13.1 Å². The standard InChI is InChI=1S/C13H18BrNO3S/c14-9-10-2-1-3-13(8-10)19(17,18)15-11-4-6-12(16)7-5-11/h1-3,8,11-12,15-16H,4-7,9H2. The summed E-state index contributed by atoms with van der Waals surface area (Å²) in [4.78, 5) is 0.301. The van der Waals surface area contributed by atoms with Crippen molar-refractivity contribution in [3.8, 4) is 0 Å². The molecule has 0 heterocycles. The van der Waals surface area contributed by atoms with E-state index in [0.29, 0.717) is 35.9 Å². The maximum absolute atomic E-state index is 12.3. The lowest BCUT2D eigenvalue weighted by atomic mass is 9.94. The molecule has 1 aliphatic rings. The van der Waals surface area contributed by atoms with Gasteiger partial charge in [-0.2, -0.15) is 0 Å². The Labute approximate surface area is 122 Å². The lowest BCUT2D eigenvalue weighted by Crippen LogP contribution is -2.38. The zero-order chi connectivity index (χ0) is 13.9. The minimum absolute atomic E-state index is 0.0685. The van der Waals surface area contributed by atoms with Crippen LogP contribution in [0.25, 0.3) is 0 Å². The summed E-state index contributed by atoms with van der Waals surface area (Å²) in [5.74, 6) is 0. The molecule has 4 nitrogen and oxygen atoms in total. The summed E-state index contributed by atoms with van der Waals surface area (Å²) in [6.07, 6.45) is 2.43. The lowest BCUT2D eigenvalue weighted by molar-refractivity contribution is 0.120. The molecule has 1 aromatic carbocycles. The van der Waals surface area contributed by atoms with Gasteiger partial charge in [0.1, 0.15) is 0 Å². The topological polar surface area (TPSA) is 66.4 Å². The van der Waals surface area contributed by atoms with Crippen LogP contribution < -0.4 is 4.72 Å². The second kappa shape index (κ2) is 6.35. The van der Waals surface area contributed by atoms with Gasteiger partial charge in [-0.1, -0.05) is 28.1 Å². The Kier molecular flexibility index (Phi) is 5.00. The van der Waals surface area contributed by atoms with E-state index in [0.717, 1.165) is 5.56 Å². The van der Waals surface area contributed by atoms with Crippen molar-refractivity contribution < 1.29 is 13.5 Å². The van der Waals surface area contributed by atoms with Crippen molar-refractivity contribution in [2.24, 2.45) is 0 Å². The number of aliphatic hydroxyl groups is 1. The molecule has 0 radical (unpaired) electrons. The number of nitrogens with one attached hydrogen (secondary N) is 1. The second-order valence-electron chi connectivity index (χ2n) is 4.91. The molecule has 0 bridgehead atoms. The molecule has 0 unspecified atom stereocenters. The first kappa shape index (κ1) is 15.0. The smallest absolute Gasteiger partial charge is 0.240 e. The van der Waals surface area contributed by atoms with E-state index in [1.165, 1.54) is 0 Å². The third kappa shape index (κ3) is 4.02. The second-order valence-corrected chi connectivity index (χ2v) is 7.18. The Bertz CT molecular complexity index is 524. The molecule has 1 fully saturated rings. The molecule has 0 aliphatic heterocycles. The van der Waals surface area contributed by atoms with E-state index in [1.54, 1.807) is 18.2 Å². The first-order valence-corrected chi connectivity index (χ1v) is 8.97. The van der Waals surface area contributed by atoms with Crippen LogP contribution in [-0.2, 0) is 15.4 Å². The third-order valence-corrected chi connectivity index (χ3v) is 5.55. The quantitative estimate of drug-likeness (QED) is 0.820. The SMILES string of the molecule is O=S(=O)(NC1CCC(O)CC1)c1cccc(CBr)c1. The molecular weight excluding hydrogens is 330 g/mol. The van der Waals surface area contributed by atoms with Crippen molar-refractivity contribution in [3.05, 3.63) is 29.8 Å². The van der Waals surface area contributed by atoms with Crippen LogP contribution in [0.5, 0.6) is 0 Å². The molecule has 2 N–H and O–H groups in total. The summed E-state index contributed by atoms with van der Waals surface area (Å²) in [6.45, 7) is 0. The number of hydrogen-bond acceptors (Lipinski definition) is 3. The summed E-state index contributed by atoms with van der Waals surface area (Å²) < 4.78 is 27.3. The van der Waals surface area contributed by atoms with Crippen molar-refractivity contribution in [3.63, 3.8) is 0 Å². The highest BCUT2D eigenvalue weighted by Crippen LogP contribution is 2.21. The Balaban J connectivity index is 2.09. The van der Waals surface area contributed by atoms with Gasteiger partial charge in [0.25, 0.3) is 0 Å². The molecule has 106 valence electrons. The number of benzene rings is 1. The zero-order valence-corrected chi connectivity index (χ0v) is 13.0. The van der Waals surface area contributed by atoms with Crippen molar-refractivity contribution in [1.82, 2.24) is 4.72 Å². The predicted octanol–water partition coefficient (Wildman–Crippen LogP) is 2.16. The molecule has 0 saturated heterocycles. The van der Waals surface area contributed by atoms with Gasteiger partial charge in [0, 0.05) is 11.4 Å². The van der Waals surface area contributed by atoms with Gasteiger partial charge in [0.15, 0.2) is 0 Å². The van der Waals surface area contributed by atoms with E-state index in [1.807, 2.05) is 6.07 Å². The highest BCUT2D eigenvalue weighted by molar-refractivity contribution is 9.08. The van der Waals surface area contributed by atoms with Gasteiger partial charge in [-0.15, -0.1) is 0 Å². The van der Waals surface area contributed by atoms with Gasteiger partial charge in [0.2, 0.25) is 10.0 Å².